The summed E-state index contributed by atoms with van der Waals surface area (Å²) < 4.78 is 28.4. The van der Waals surface area contributed by atoms with E-state index in [1.54, 1.807) is 6.92 Å². The van der Waals surface area contributed by atoms with Crippen molar-refractivity contribution in [2.24, 2.45) is 10.9 Å². The van der Waals surface area contributed by atoms with Crippen LogP contribution < -0.4 is 10.9 Å². The van der Waals surface area contributed by atoms with Gasteiger partial charge in [0.1, 0.15) is 0 Å². The van der Waals surface area contributed by atoms with E-state index in [2.05, 4.69) is 10.1 Å². The maximum atomic E-state index is 11.2. The first-order valence-electron chi connectivity index (χ1n) is 5.19. The fraction of sp³-hybridized carbons (Fsp3) is 0.750. The lowest BCUT2D eigenvalue weighted by Crippen LogP contribution is -2.51. The van der Waals surface area contributed by atoms with Crippen molar-refractivity contribution in [1.82, 2.24) is 14.4 Å². The molecule has 4 N–H and O–H groups in total. The third-order valence-electron chi connectivity index (χ3n) is 2.95. The quantitative estimate of drug-likeness (QED) is 0.690. The molecule has 0 unspecified atom stereocenters. The van der Waals surface area contributed by atoms with Crippen molar-refractivity contribution in [3.63, 3.8) is 0 Å². The molecule has 0 spiro atoms. The first-order chi connectivity index (χ1) is 7.81. The molecule has 1 fully saturated rings. The van der Waals surface area contributed by atoms with Crippen molar-refractivity contribution in [1.29, 1.82) is 0 Å². The monoisotopic (exact) mass is 261 g/mol. The minimum Gasteiger partial charge on any atom is -0.340 e. The predicted octanol–water partition coefficient (Wildman–Crippen LogP) is -1.17. The lowest BCUT2D eigenvalue weighted by molar-refractivity contribution is 0.222. The van der Waals surface area contributed by atoms with Crippen LogP contribution in [0.25, 0.3) is 0 Å². The maximum absolute atomic E-state index is 11.2. The fourth-order valence-corrected chi connectivity index (χ4v) is 2.56. The highest BCUT2D eigenvalue weighted by Gasteiger charge is 2.38. The molecule has 1 aliphatic rings. The largest absolute Gasteiger partial charge is 0.340 e. The summed E-state index contributed by atoms with van der Waals surface area (Å²) in [4.78, 5) is 4.09. The lowest BCUT2D eigenvalue weighted by Gasteiger charge is -2.35. The lowest BCUT2D eigenvalue weighted by atomic mass is 9.89. The van der Waals surface area contributed by atoms with Gasteiger partial charge < -0.3 is 10.3 Å². The number of rotatable bonds is 2. The number of piperidine rings is 1. The zero-order chi connectivity index (χ0) is 12.7. The van der Waals surface area contributed by atoms with Gasteiger partial charge in [-0.1, -0.05) is 5.16 Å². The summed E-state index contributed by atoms with van der Waals surface area (Å²) in [5, 5.41) is 8.84. The van der Waals surface area contributed by atoms with Gasteiger partial charge in [0.2, 0.25) is 5.89 Å². The van der Waals surface area contributed by atoms with E-state index in [0.717, 1.165) is 0 Å². The van der Waals surface area contributed by atoms with Gasteiger partial charge in [0.15, 0.2) is 5.82 Å². The van der Waals surface area contributed by atoms with Crippen LogP contribution in [0.1, 0.15) is 24.6 Å². The molecule has 1 aliphatic heterocycles. The summed E-state index contributed by atoms with van der Waals surface area (Å²) in [6.45, 7) is 2.21. The van der Waals surface area contributed by atoms with E-state index >= 15 is 0 Å². The Morgan fingerprint density at radius 1 is 1.41 bits per heavy atom. The molecule has 17 heavy (non-hydrogen) atoms. The molecule has 2 heterocycles. The Bertz CT molecular complexity index is 503. The van der Waals surface area contributed by atoms with Crippen LogP contribution >= 0.6 is 0 Å². The van der Waals surface area contributed by atoms with Crippen LogP contribution in [0.5, 0.6) is 0 Å². The summed E-state index contributed by atoms with van der Waals surface area (Å²) in [5.41, 5.74) is 5.41. The number of hydrogen-bond acceptors (Lipinski definition) is 6. The summed E-state index contributed by atoms with van der Waals surface area (Å²) in [5.74, 6) is 0.864. The van der Waals surface area contributed by atoms with E-state index < -0.39 is 15.7 Å². The second-order valence-corrected chi connectivity index (χ2v) is 5.78. The molecule has 1 saturated heterocycles. The van der Waals surface area contributed by atoms with Gasteiger partial charge in [-0.2, -0.15) is 17.7 Å². The second kappa shape index (κ2) is 4.02. The van der Waals surface area contributed by atoms with Crippen LogP contribution in [-0.4, -0.2) is 36.0 Å². The van der Waals surface area contributed by atoms with E-state index in [-0.39, 0.29) is 13.1 Å². The number of aryl methyl sites for hydroxylation is 1. The molecule has 0 bridgehead atoms. The average molecular weight is 261 g/mol. The van der Waals surface area contributed by atoms with E-state index in [9.17, 15) is 8.42 Å². The topological polar surface area (TPSA) is 128 Å². The summed E-state index contributed by atoms with van der Waals surface area (Å²) in [6, 6.07) is 0. The number of nitrogens with two attached hydrogens (primary N) is 2. The van der Waals surface area contributed by atoms with Gasteiger partial charge in [-0.25, -0.2) is 5.14 Å². The highest BCUT2D eigenvalue weighted by atomic mass is 32.2. The van der Waals surface area contributed by atoms with Gasteiger partial charge in [-0.15, -0.1) is 0 Å². The van der Waals surface area contributed by atoms with Gasteiger partial charge in [-0.05, 0) is 12.8 Å². The minimum atomic E-state index is -3.64. The van der Waals surface area contributed by atoms with E-state index in [1.807, 2.05) is 0 Å². The molecule has 8 nitrogen and oxygen atoms in total. The maximum Gasteiger partial charge on any atom is 0.276 e. The van der Waals surface area contributed by atoms with Crippen LogP contribution in [0.2, 0.25) is 0 Å². The van der Waals surface area contributed by atoms with Crippen molar-refractivity contribution in [2.75, 3.05) is 13.1 Å². The molecule has 96 valence electrons. The van der Waals surface area contributed by atoms with Gasteiger partial charge >= 0.3 is 0 Å². The Morgan fingerprint density at radius 2 is 2.00 bits per heavy atom. The first kappa shape index (κ1) is 12.4. The molecule has 9 heteroatoms. The molecule has 0 amide bonds. The predicted molar refractivity (Wildman–Crippen MR) is 58.8 cm³/mol. The Kier molecular flexibility index (Phi) is 2.94. The fourth-order valence-electron chi connectivity index (χ4n) is 1.86. The van der Waals surface area contributed by atoms with E-state index in [0.29, 0.717) is 24.6 Å². The van der Waals surface area contributed by atoms with Gasteiger partial charge in [0.05, 0.1) is 5.54 Å². The summed E-state index contributed by atoms with van der Waals surface area (Å²) in [6.07, 6.45) is 0.838. The van der Waals surface area contributed by atoms with Crippen molar-refractivity contribution >= 4 is 10.2 Å². The molecule has 0 aromatic carbocycles. The zero-order valence-corrected chi connectivity index (χ0v) is 10.3. The second-order valence-electron chi connectivity index (χ2n) is 4.24. The third kappa shape index (κ3) is 2.46. The Morgan fingerprint density at radius 3 is 2.41 bits per heavy atom. The van der Waals surface area contributed by atoms with Crippen LogP contribution in [0.3, 0.4) is 0 Å². The van der Waals surface area contributed by atoms with Gasteiger partial charge in [0.25, 0.3) is 10.2 Å². The Balaban J connectivity index is 2.13. The third-order valence-corrected chi connectivity index (χ3v) is 4.03. The van der Waals surface area contributed by atoms with E-state index in [4.69, 9.17) is 15.4 Å². The molecule has 0 atom stereocenters. The molecule has 0 saturated carbocycles. The minimum absolute atomic E-state index is 0.267. The normalized spacial score (nSPS) is 21.6. The number of aromatic nitrogens is 2. The molecule has 1 aromatic heterocycles. The van der Waals surface area contributed by atoms with Gasteiger partial charge in [-0.3, -0.25) is 0 Å². The van der Waals surface area contributed by atoms with E-state index in [1.165, 1.54) is 4.31 Å². The highest BCUT2D eigenvalue weighted by Crippen LogP contribution is 2.28. The van der Waals surface area contributed by atoms with Crippen molar-refractivity contribution in [3.8, 4) is 0 Å². The SMILES string of the molecule is Cc1nc(C2(N)CCN(S(N)(=O)=O)CC2)no1. The number of hydrogen-bond donors (Lipinski definition) is 2. The molecule has 2 rings (SSSR count). The average Bonchev–Trinajstić information content (AvgIpc) is 2.65. The smallest absolute Gasteiger partial charge is 0.276 e. The molecule has 0 aliphatic carbocycles. The van der Waals surface area contributed by atoms with Crippen LogP contribution in [0.4, 0.5) is 0 Å². The van der Waals surface area contributed by atoms with Crippen molar-refractivity contribution < 1.29 is 12.9 Å². The number of nitrogens with zero attached hydrogens (tertiary/aromatic N) is 3. The standard InChI is InChI=1S/C8H15N5O3S/c1-6-11-7(12-16-6)8(9)2-4-13(5-3-8)17(10,14)15/h2-5,9H2,1H3,(H2,10,14,15). The molecular formula is C8H15N5O3S. The highest BCUT2D eigenvalue weighted by molar-refractivity contribution is 7.86. The summed E-state index contributed by atoms with van der Waals surface area (Å²) >= 11 is 0. The van der Waals surface area contributed by atoms with Crippen LogP contribution in [0.15, 0.2) is 4.52 Å². The van der Waals surface area contributed by atoms with Crippen LogP contribution in [-0.2, 0) is 15.7 Å². The van der Waals surface area contributed by atoms with Gasteiger partial charge in [0, 0.05) is 20.0 Å². The summed E-state index contributed by atoms with van der Waals surface area (Å²) in [7, 11) is -3.64. The van der Waals surface area contributed by atoms with Crippen LogP contribution in [0, 0.1) is 6.92 Å². The Labute approximate surface area is 99.1 Å². The molecule has 1 aromatic rings. The molecular weight excluding hydrogens is 246 g/mol. The van der Waals surface area contributed by atoms with Crippen molar-refractivity contribution in [3.05, 3.63) is 11.7 Å². The first-order valence-corrected chi connectivity index (χ1v) is 6.69. The Hall–Kier alpha value is -1.03. The van der Waals surface area contributed by atoms with Crippen molar-refractivity contribution in [2.45, 2.75) is 25.3 Å². The molecule has 0 radical (unpaired) electrons. The zero-order valence-electron chi connectivity index (χ0n) is 9.46.